The minimum absolute atomic E-state index is 0.0318. The smallest absolute Gasteiger partial charge is 0.326 e. The van der Waals surface area contributed by atoms with Crippen LogP contribution in [0.1, 0.15) is 159 Å². The van der Waals surface area contributed by atoms with Crippen molar-refractivity contribution in [1.29, 1.82) is 5.41 Å². The number of carbonyl (C=O) groups is 14. The van der Waals surface area contributed by atoms with Gasteiger partial charge in [-0.25, -0.2) is 4.79 Å². The summed E-state index contributed by atoms with van der Waals surface area (Å²) in [5.74, 6) is -17.2. The van der Waals surface area contributed by atoms with Gasteiger partial charge in [-0.3, -0.25) is 67.7 Å². The Bertz CT molecular complexity index is 2500. The molecule has 13 atom stereocenters. The minimum Gasteiger partial charge on any atom is -0.481 e. The fourth-order valence-electron chi connectivity index (χ4n) is 9.05. The van der Waals surface area contributed by atoms with Gasteiger partial charge in [-0.15, -0.1) is 0 Å². The van der Waals surface area contributed by atoms with E-state index >= 15 is 0 Å². The van der Waals surface area contributed by atoms with E-state index in [2.05, 4.69) is 58.5 Å². The molecule has 34 nitrogen and oxygen atoms in total. The van der Waals surface area contributed by atoms with E-state index in [1.807, 2.05) is 0 Å². The molecule has 0 radical (unpaired) electrons. The number of rotatable bonds is 47. The van der Waals surface area contributed by atoms with Crippen LogP contribution in [0, 0.1) is 35.0 Å². The van der Waals surface area contributed by atoms with E-state index in [0.29, 0.717) is 25.7 Å². The van der Waals surface area contributed by atoms with Crippen LogP contribution in [-0.2, 0) is 67.1 Å². The maximum atomic E-state index is 14.3. The molecule has 25 N–H and O–H groups in total. The first-order chi connectivity index (χ1) is 42.9. The second-order valence-corrected chi connectivity index (χ2v) is 24.2. The molecule has 0 aliphatic heterocycles. The van der Waals surface area contributed by atoms with Gasteiger partial charge >= 0.3 is 11.9 Å². The molecule has 0 saturated heterocycles. The lowest BCUT2D eigenvalue weighted by Gasteiger charge is -2.30. The van der Waals surface area contributed by atoms with Crippen LogP contribution in [0.25, 0.3) is 0 Å². The Labute approximate surface area is 537 Å². The Morgan fingerprint density at radius 1 is 0.435 bits per heavy atom. The molecule has 0 heterocycles. The first-order valence-corrected chi connectivity index (χ1v) is 31.1. The lowest BCUT2D eigenvalue weighted by Crippen LogP contribution is -2.62. The minimum atomic E-state index is -1.80. The van der Waals surface area contributed by atoms with E-state index < -0.39 is 206 Å². The highest BCUT2D eigenvalue weighted by Gasteiger charge is 2.38. The maximum absolute atomic E-state index is 14.3. The second kappa shape index (κ2) is 43.5. The van der Waals surface area contributed by atoms with Gasteiger partial charge in [0.2, 0.25) is 70.9 Å². The van der Waals surface area contributed by atoms with Gasteiger partial charge in [0.05, 0.1) is 19.1 Å². The molecule has 92 heavy (non-hydrogen) atoms. The van der Waals surface area contributed by atoms with Crippen LogP contribution in [0.15, 0.2) is 0 Å². The van der Waals surface area contributed by atoms with E-state index in [1.165, 1.54) is 13.8 Å². The molecule has 524 valence electrons. The van der Waals surface area contributed by atoms with Crippen molar-refractivity contribution >= 4 is 88.8 Å². The number of amides is 12. The number of carbonyl (C=O) groups excluding carboxylic acids is 12. The Hall–Kier alpha value is -8.27. The van der Waals surface area contributed by atoms with E-state index in [0.717, 1.165) is 0 Å². The number of unbranched alkanes of at least 4 members (excludes halogenated alkanes) is 1. The number of aliphatic hydroxyl groups excluding tert-OH is 1. The molecule has 0 aromatic carbocycles. The number of aliphatic hydroxyl groups is 1. The van der Waals surface area contributed by atoms with Gasteiger partial charge in [0.1, 0.15) is 60.4 Å². The summed E-state index contributed by atoms with van der Waals surface area (Å²) >= 11 is 0. The number of carboxylic acids is 2. The molecule has 0 rings (SSSR count). The zero-order chi connectivity index (χ0) is 70.7. The SMILES string of the molecule is CC[C@H](C)[C@H](N)C(=O)N[C@@H](CC(=O)O)C(=O)N[C@@H](CCC(N)=O)C(=O)N[C@@H](CCC(N)=O)C(=O)N[C@H](C(=O)N[C@@H](CC(C)C)C(=O)N[C@@H](CO)C(=O)N[C@@H](CCCNC(=N)N)C(=O)N[C@H](C(=O)N[C@@H](CCCCN)C(=O)N[C@@H](CC(C)C)C(=O)O)[C@@H](C)CC)C(C)C. The molecule has 34 heteroatoms. The number of guanidine groups is 1. The fraction of sp³-hybridized carbons (Fsp3) is 0.741. The van der Waals surface area contributed by atoms with Gasteiger partial charge in [-0.1, -0.05) is 82.1 Å². The summed E-state index contributed by atoms with van der Waals surface area (Å²) in [5, 5.41) is 64.7. The molecule has 0 aromatic heterocycles. The Balaban J connectivity index is 6.96. The Morgan fingerprint density at radius 3 is 1.23 bits per heavy atom. The molecule has 0 aliphatic carbocycles. The first kappa shape index (κ1) is 83.7. The second-order valence-electron chi connectivity index (χ2n) is 24.2. The van der Waals surface area contributed by atoms with Crippen molar-refractivity contribution in [1.82, 2.24) is 58.5 Å². The first-order valence-electron chi connectivity index (χ1n) is 31.1. The monoisotopic (exact) mass is 1310 g/mol. The molecule has 0 bridgehead atoms. The van der Waals surface area contributed by atoms with Crippen LogP contribution in [-0.4, -0.2) is 190 Å². The van der Waals surface area contributed by atoms with Gasteiger partial charge in [-0.05, 0) is 93.9 Å². The third kappa shape index (κ3) is 32.6. The summed E-state index contributed by atoms with van der Waals surface area (Å²) in [7, 11) is 0. The van der Waals surface area contributed by atoms with Crippen LogP contribution in [0.4, 0.5) is 0 Å². The lowest BCUT2D eigenvalue weighted by atomic mass is 9.96. The van der Waals surface area contributed by atoms with Crippen molar-refractivity contribution in [2.24, 2.45) is 58.3 Å². The molecule has 0 fully saturated rings. The maximum Gasteiger partial charge on any atom is 0.326 e. The van der Waals surface area contributed by atoms with Crippen LogP contribution >= 0.6 is 0 Å². The third-order valence-corrected chi connectivity index (χ3v) is 14.9. The van der Waals surface area contributed by atoms with Crippen molar-refractivity contribution in [2.45, 2.75) is 226 Å². The average Bonchev–Trinajstić information content (AvgIpc) is 1.21. The summed E-state index contributed by atoms with van der Waals surface area (Å²) in [6.45, 7) is 16.0. The third-order valence-electron chi connectivity index (χ3n) is 14.9. The molecule has 0 saturated carbocycles. The van der Waals surface area contributed by atoms with Crippen LogP contribution in [0.5, 0.6) is 0 Å². The van der Waals surface area contributed by atoms with Crippen molar-refractivity contribution in [2.75, 3.05) is 19.7 Å². The highest BCUT2D eigenvalue weighted by atomic mass is 16.4. The van der Waals surface area contributed by atoms with E-state index in [9.17, 15) is 82.4 Å². The average molecular weight is 1310 g/mol. The number of hydrogen-bond donors (Lipinski definition) is 20. The summed E-state index contributed by atoms with van der Waals surface area (Å²) in [6, 6.07) is -16.5. The highest BCUT2D eigenvalue weighted by Crippen LogP contribution is 2.15. The number of hydrogen-bond acceptors (Lipinski definition) is 18. The molecule has 0 aliphatic rings. The molecule has 0 aromatic rings. The summed E-state index contributed by atoms with van der Waals surface area (Å²) in [4.78, 5) is 187. The van der Waals surface area contributed by atoms with Crippen LogP contribution < -0.4 is 87.2 Å². The summed E-state index contributed by atoms with van der Waals surface area (Å²) in [6.07, 6.45) is -1.47. The number of primary amides is 2. The van der Waals surface area contributed by atoms with Gasteiger partial charge in [0.15, 0.2) is 5.96 Å². The molecule has 0 spiro atoms. The van der Waals surface area contributed by atoms with E-state index in [4.69, 9.17) is 34.1 Å². The standard InChI is InChI=1S/C58H105N17O17/c1-11-31(9)44(62)54(88)70-38(26-43(79)80)52(86)68-35(18-20-41(60)77)48(82)67-36(19-21-42(61)78)50(84)74-45(30(7)8)55(89)71-37(24-28(3)4)51(85)73-40(27-76)53(87)66-34(17-15-23-65-58(63)64)49(83)75-46(32(10)12-2)56(90)69-33(16-13-14-22-59)47(81)72-39(57(91)92)25-29(5)6/h28-40,44-46,76H,11-27,59,62H2,1-10H3,(H2,60,77)(H2,61,78)(H,66,87)(H,67,82)(H,68,86)(H,69,90)(H,70,88)(H,71,89)(H,72,81)(H,73,85)(H,74,84)(H,75,83)(H,79,80)(H,91,92)(H4,63,64,65)/t31-,32-,33-,34-,35-,36-,37-,38-,39-,40-,44-,45-,46-/m0/s1. The van der Waals surface area contributed by atoms with Crippen molar-refractivity contribution in [3.63, 3.8) is 0 Å². The summed E-state index contributed by atoms with van der Waals surface area (Å²) < 4.78 is 0. The Morgan fingerprint density at radius 2 is 0.804 bits per heavy atom. The number of carboxylic acid groups (broad SMARTS) is 2. The molecular formula is C58H105N17O17. The Kier molecular flexibility index (Phi) is 39.6. The molecular weight excluding hydrogens is 1210 g/mol. The van der Waals surface area contributed by atoms with E-state index in [1.54, 1.807) is 55.4 Å². The zero-order valence-electron chi connectivity index (χ0n) is 54.7. The van der Waals surface area contributed by atoms with E-state index in [-0.39, 0.29) is 62.9 Å². The number of nitrogens with two attached hydrogens (primary N) is 5. The van der Waals surface area contributed by atoms with Gasteiger partial charge in [0.25, 0.3) is 0 Å². The van der Waals surface area contributed by atoms with Crippen LogP contribution in [0.2, 0.25) is 0 Å². The van der Waals surface area contributed by atoms with Gasteiger partial charge in [-0.2, -0.15) is 0 Å². The highest BCUT2D eigenvalue weighted by molar-refractivity contribution is 6.00. The molecule has 0 unspecified atom stereocenters. The van der Waals surface area contributed by atoms with Crippen molar-refractivity contribution in [3.8, 4) is 0 Å². The summed E-state index contributed by atoms with van der Waals surface area (Å²) in [5.41, 5.74) is 27.9. The predicted molar refractivity (Wildman–Crippen MR) is 336 cm³/mol. The number of nitrogens with one attached hydrogen (secondary N) is 12. The largest absolute Gasteiger partial charge is 0.481 e. The molecule has 12 amide bonds. The zero-order valence-corrected chi connectivity index (χ0v) is 54.7. The normalized spacial score (nSPS) is 15.5. The van der Waals surface area contributed by atoms with Crippen molar-refractivity contribution in [3.05, 3.63) is 0 Å². The van der Waals surface area contributed by atoms with Gasteiger partial charge in [0, 0.05) is 19.4 Å². The van der Waals surface area contributed by atoms with Crippen LogP contribution in [0.3, 0.4) is 0 Å². The van der Waals surface area contributed by atoms with Gasteiger partial charge < -0.3 is 102 Å². The quantitative estimate of drug-likeness (QED) is 0.0155. The topological polar surface area (TPSA) is 586 Å². The predicted octanol–water partition coefficient (Wildman–Crippen LogP) is -4.52. The fourth-order valence-corrected chi connectivity index (χ4v) is 9.05. The lowest BCUT2D eigenvalue weighted by molar-refractivity contribution is -0.143. The van der Waals surface area contributed by atoms with Crippen molar-refractivity contribution < 1.29 is 82.4 Å². The number of aliphatic carboxylic acids is 2.